The maximum absolute atomic E-state index is 13.0. The molecule has 0 spiro atoms. The number of carbonyl (C=O) groups excluding carboxylic acids is 1. The van der Waals surface area contributed by atoms with Gasteiger partial charge in [-0.15, -0.1) is 0 Å². The molecule has 0 aliphatic carbocycles. The van der Waals surface area contributed by atoms with Gasteiger partial charge in [0.2, 0.25) is 5.43 Å². The molecule has 2 aromatic rings. The molecular weight excluding hydrogens is 259 g/mol. The Hall–Kier alpha value is -2.43. The van der Waals surface area contributed by atoms with E-state index in [0.29, 0.717) is 22.5 Å². The van der Waals surface area contributed by atoms with Crippen LogP contribution in [0.2, 0.25) is 0 Å². The van der Waals surface area contributed by atoms with Gasteiger partial charge in [0, 0.05) is 24.0 Å². The van der Waals surface area contributed by atoms with E-state index in [-0.39, 0.29) is 11.4 Å². The van der Waals surface area contributed by atoms with Gasteiger partial charge >= 0.3 is 0 Å². The first-order valence-corrected chi connectivity index (χ1v) is 6.10. The molecule has 2 rings (SSSR count). The number of hydrogen-bond acceptors (Lipinski definition) is 2. The fraction of sp³-hybridized carbons (Fsp3) is 0.200. The number of hydrogen-bond donors (Lipinski definition) is 1. The van der Waals surface area contributed by atoms with E-state index in [9.17, 15) is 14.0 Å². The van der Waals surface area contributed by atoms with Crippen LogP contribution in [0.15, 0.2) is 29.1 Å². The highest BCUT2D eigenvalue weighted by Gasteiger charge is 2.19. The number of primary amides is 1. The van der Waals surface area contributed by atoms with Gasteiger partial charge in [0.1, 0.15) is 11.4 Å². The van der Waals surface area contributed by atoms with E-state index in [1.807, 2.05) is 0 Å². The predicted octanol–water partition coefficient (Wildman–Crippen LogP) is 1.91. The van der Waals surface area contributed by atoms with Crippen molar-refractivity contribution in [3.63, 3.8) is 0 Å². The van der Waals surface area contributed by atoms with Crippen LogP contribution in [-0.2, 0) is 7.05 Å². The van der Waals surface area contributed by atoms with Gasteiger partial charge < -0.3 is 10.3 Å². The molecule has 0 radical (unpaired) electrons. The first-order chi connectivity index (χ1) is 9.34. The molecule has 0 bridgehead atoms. The monoisotopic (exact) mass is 274 g/mol. The molecule has 0 atom stereocenters. The Bertz CT molecular complexity index is 746. The molecule has 0 aliphatic heterocycles. The van der Waals surface area contributed by atoms with Crippen LogP contribution in [0.25, 0.3) is 11.1 Å². The first-order valence-electron chi connectivity index (χ1n) is 6.10. The zero-order valence-corrected chi connectivity index (χ0v) is 11.5. The lowest BCUT2D eigenvalue weighted by atomic mass is 9.99. The van der Waals surface area contributed by atoms with Crippen LogP contribution in [0.5, 0.6) is 0 Å². The van der Waals surface area contributed by atoms with Crippen molar-refractivity contribution in [3.8, 4) is 11.1 Å². The van der Waals surface area contributed by atoms with E-state index in [4.69, 9.17) is 5.73 Å². The summed E-state index contributed by atoms with van der Waals surface area (Å²) >= 11 is 0. The van der Waals surface area contributed by atoms with Crippen LogP contribution >= 0.6 is 0 Å². The zero-order chi connectivity index (χ0) is 15.0. The quantitative estimate of drug-likeness (QED) is 0.909. The second kappa shape index (κ2) is 4.92. The standard InChI is InChI=1S/C15H15FN2O2/c1-8-12(10-4-6-11(16)7-5-10)14(19)13(15(17)20)9(2)18(8)3/h4-7H,1-3H3,(H2,17,20). The normalized spacial score (nSPS) is 10.6. The Labute approximate surface area is 115 Å². The van der Waals surface area contributed by atoms with Gasteiger partial charge in [0.25, 0.3) is 5.91 Å². The molecule has 1 heterocycles. The van der Waals surface area contributed by atoms with E-state index in [1.165, 1.54) is 24.3 Å². The number of halogens is 1. The number of nitrogens with two attached hydrogens (primary N) is 1. The highest BCUT2D eigenvalue weighted by molar-refractivity contribution is 5.95. The third-order valence-electron chi connectivity index (χ3n) is 3.56. The van der Waals surface area contributed by atoms with Gasteiger partial charge in [-0.25, -0.2) is 4.39 Å². The third-order valence-corrected chi connectivity index (χ3v) is 3.56. The largest absolute Gasteiger partial charge is 0.365 e. The summed E-state index contributed by atoms with van der Waals surface area (Å²) in [7, 11) is 1.75. The fourth-order valence-electron chi connectivity index (χ4n) is 2.29. The van der Waals surface area contributed by atoms with Crippen LogP contribution in [0.4, 0.5) is 4.39 Å². The van der Waals surface area contributed by atoms with E-state index >= 15 is 0 Å². The number of carbonyl (C=O) groups is 1. The molecule has 4 nitrogen and oxygen atoms in total. The summed E-state index contributed by atoms with van der Waals surface area (Å²) in [5.74, 6) is -1.14. The van der Waals surface area contributed by atoms with Gasteiger partial charge in [0.05, 0.1) is 0 Å². The van der Waals surface area contributed by atoms with Gasteiger partial charge in [-0.05, 0) is 31.5 Å². The summed E-state index contributed by atoms with van der Waals surface area (Å²) in [5, 5.41) is 0. The maximum Gasteiger partial charge on any atom is 0.254 e. The summed E-state index contributed by atoms with van der Waals surface area (Å²) in [6, 6.07) is 5.58. The molecule has 20 heavy (non-hydrogen) atoms. The average molecular weight is 274 g/mol. The molecule has 2 N–H and O–H groups in total. The molecule has 104 valence electrons. The zero-order valence-electron chi connectivity index (χ0n) is 11.5. The molecule has 0 saturated heterocycles. The van der Waals surface area contributed by atoms with E-state index in [1.54, 1.807) is 25.5 Å². The summed E-state index contributed by atoms with van der Waals surface area (Å²) < 4.78 is 14.7. The third kappa shape index (κ3) is 2.11. The lowest BCUT2D eigenvalue weighted by molar-refractivity contribution is 0.0998. The number of nitrogens with zero attached hydrogens (tertiary/aromatic N) is 1. The summed E-state index contributed by atoms with van der Waals surface area (Å²) in [6.07, 6.45) is 0. The Balaban J connectivity index is 2.86. The Morgan fingerprint density at radius 3 is 2.20 bits per heavy atom. The Morgan fingerprint density at radius 2 is 1.70 bits per heavy atom. The van der Waals surface area contributed by atoms with E-state index < -0.39 is 11.3 Å². The fourth-order valence-corrected chi connectivity index (χ4v) is 2.29. The van der Waals surface area contributed by atoms with Crippen molar-refractivity contribution in [1.29, 1.82) is 0 Å². The van der Waals surface area contributed by atoms with Crippen molar-refractivity contribution in [2.45, 2.75) is 13.8 Å². The van der Waals surface area contributed by atoms with E-state index in [2.05, 4.69) is 0 Å². The van der Waals surface area contributed by atoms with Crippen LogP contribution < -0.4 is 11.2 Å². The second-order valence-electron chi connectivity index (χ2n) is 4.68. The molecule has 1 aromatic heterocycles. The average Bonchev–Trinajstić information content (AvgIpc) is 2.38. The lowest BCUT2D eigenvalue weighted by Crippen LogP contribution is -2.28. The molecule has 0 fully saturated rings. The van der Waals surface area contributed by atoms with Crippen LogP contribution in [0, 0.1) is 19.7 Å². The van der Waals surface area contributed by atoms with Gasteiger partial charge in [-0.1, -0.05) is 12.1 Å². The number of rotatable bonds is 2. The molecular formula is C15H15FN2O2. The van der Waals surface area contributed by atoms with Crippen molar-refractivity contribution in [2.75, 3.05) is 0 Å². The van der Waals surface area contributed by atoms with Gasteiger partial charge in [-0.3, -0.25) is 9.59 Å². The minimum atomic E-state index is -0.758. The maximum atomic E-state index is 13.0. The first kappa shape index (κ1) is 14.0. The topological polar surface area (TPSA) is 65.1 Å². The second-order valence-corrected chi connectivity index (χ2v) is 4.68. The number of pyridine rings is 1. The van der Waals surface area contributed by atoms with E-state index in [0.717, 1.165) is 0 Å². The highest BCUT2D eigenvalue weighted by Crippen LogP contribution is 2.22. The van der Waals surface area contributed by atoms with Crippen molar-refractivity contribution < 1.29 is 9.18 Å². The van der Waals surface area contributed by atoms with Crippen molar-refractivity contribution in [1.82, 2.24) is 4.57 Å². The summed E-state index contributed by atoms with van der Waals surface area (Å²) in [6.45, 7) is 3.45. The number of aromatic nitrogens is 1. The van der Waals surface area contributed by atoms with Gasteiger partial charge in [0.15, 0.2) is 0 Å². The molecule has 5 heteroatoms. The Kier molecular flexibility index (Phi) is 3.44. The smallest absolute Gasteiger partial charge is 0.254 e. The highest BCUT2D eigenvalue weighted by atomic mass is 19.1. The minimum absolute atomic E-state index is 0.0302. The molecule has 0 aliphatic rings. The molecule has 0 saturated carbocycles. The van der Waals surface area contributed by atoms with Gasteiger partial charge in [-0.2, -0.15) is 0 Å². The van der Waals surface area contributed by atoms with Crippen LogP contribution in [0.3, 0.4) is 0 Å². The van der Waals surface area contributed by atoms with Crippen molar-refractivity contribution >= 4 is 5.91 Å². The van der Waals surface area contributed by atoms with Crippen LogP contribution in [-0.4, -0.2) is 10.5 Å². The SMILES string of the molecule is Cc1c(C(N)=O)c(=O)c(-c2ccc(F)cc2)c(C)n1C. The minimum Gasteiger partial charge on any atom is -0.365 e. The molecule has 0 unspecified atom stereocenters. The Morgan fingerprint density at radius 1 is 1.15 bits per heavy atom. The summed E-state index contributed by atoms with van der Waals surface area (Å²) in [5.41, 5.74) is 6.99. The van der Waals surface area contributed by atoms with Crippen molar-refractivity contribution in [3.05, 3.63) is 57.3 Å². The van der Waals surface area contributed by atoms with Crippen LogP contribution in [0.1, 0.15) is 21.7 Å². The lowest BCUT2D eigenvalue weighted by Gasteiger charge is -2.16. The molecule has 1 aromatic carbocycles. The predicted molar refractivity (Wildman–Crippen MR) is 75.1 cm³/mol. The summed E-state index contributed by atoms with van der Waals surface area (Å²) in [4.78, 5) is 24.0. The molecule has 1 amide bonds. The number of amides is 1. The van der Waals surface area contributed by atoms with Crippen molar-refractivity contribution in [2.24, 2.45) is 12.8 Å². The number of benzene rings is 1.